The number of ether oxygens (including phenoxy) is 2. The van der Waals surface area contributed by atoms with E-state index < -0.39 is 11.2 Å². The van der Waals surface area contributed by atoms with Gasteiger partial charge in [0.1, 0.15) is 5.75 Å². The summed E-state index contributed by atoms with van der Waals surface area (Å²) in [6.07, 6.45) is 0. The minimum absolute atomic E-state index is 0.00149. The molecule has 2 aliphatic rings. The minimum Gasteiger partial charge on any atom is -0.611 e. The summed E-state index contributed by atoms with van der Waals surface area (Å²) in [4.78, 5) is 17.6. The van der Waals surface area contributed by atoms with E-state index in [9.17, 15) is 9.35 Å². The standard InChI is InChI=1S/C27H36N2O4S/c1-5-34(31)25-13-19(2)12-23(15-25)22-7-6-20(3)24(14-22)16-28-8-10-32-17-26(28)27-18-33-11-9-29(27)21(4)30/h6-7,12-15,26-27H,5,8-11,16-18H2,1-4H3. The van der Waals surface area contributed by atoms with E-state index in [1.165, 1.54) is 11.1 Å². The average molecular weight is 485 g/mol. The van der Waals surface area contributed by atoms with Gasteiger partial charge in [0.15, 0.2) is 4.90 Å². The van der Waals surface area contributed by atoms with Gasteiger partial charge in [-0.25, -0.2) is 0 Å². The van der Waals surface area contributed by atoms with Gasteiger partial charge in [0.25, 0.3) is 0 Å². The Morgan fingerprint density at radius 3 is 2.50 bits per heavy atom. The van der Waals surface area contributed by atoms with E-state index in [4.69, 9.17) is 9.47 Å². The van der Waals surface area contributed by atoms with Crippen LogP contribution in [0.2, 0.25) is 0 Å². The second kappa shape index (κ2) is 11.2. The van der Waals surface area contributed by atoms with Crippen molar-refractivity contribution in [2.45, 2.75) is 51.2 Å². The van der Waals surface area contributed by atoms with Crippen LogP contribution in [0.15, 0.2) is 41.3 Å². The number of aryl methyl sites for hydroxylation is 2. The summed E-state index contributed by atoms with van der Waals surface area (Å²) >= 11 is -0.981. The molecule has 2 aromatic rings. The molecule has 34 heavy (non-hydrogen) atoms. The topological polar surface area (TPSA) is 65.1 Å². The summed E-state index contributed by atoms with van der Waals surface area (Å²) < 4.78 is 24.1. The van der Waals surface area contributed by atoms with Crippen LogP contribution in [0.3, 0.4) is 0 Å². The molecule has 4 rings (SSSR count). The Bertz CT molecular complexity index is 1010. The molecule has 7 heteroatoms. The Morgan fingerprint density at radius 1 is 1.03 bits per heavy atom. The van der Waals surface area contributed by atoms with Gasteiger partial charge in [-0.1, -0.05) is 18.2 Å². The molecule has 0 bridgehead atoms. The van der Waals surface area contributed by atoms with Crippen LogP contribution >= 0.6 is 0 Å². The van der Waals surface area contributed by atoms with Crippen LogP contribution < -0.4 is 0 Å². The largest absolute Gasteiger partial charge is 0.611 e. The van der Waals surface area contributed by atoms with Crippen molar-refractivity contribution in [2.75, 3.05) is 45.3 Å². The number of nitrogens with zero attached hydrogens (tertiary/aromatic N) is 2. The number of carbonyl (C=O) groups is 1. The number of morpholine rings is 2. The van der Waals surface area contributed by atoms with E-state index in [2.05, 4.69) is 49.1 Å². The highest BCUT2D eigenvalue weighted by atomic mass is 32.2. The van der Waals surface area contributed by atoms with Gasteiger partial charge in [0, 0.05) is 32.6 Å². The Labute approximate surface area is 206 Å². The predicted molar refractivity (Wildman–Crippen MR) is 135 cm³/mol. The van der Waals surface area contributed by atoms with Gasteiger partial charge >= 0.3 is 0 Å². The average Bonchev–Trinajstić information content (AvgIpc) is 2.84. The van der Waals surface area contributed by atoms with E-state index in [1.807, 2.05) is 17.9 Å². The summed E-state index contributed by atoms with van der Waals surface area (Å²) in [5.74, 6) is 0.708. The van der Waals surface area contributed by atoms with Crippen LogP contribution in [0, 0.1) is 13.8 Å². The third kappa shape index (κ3) is 5.66. The van der Waals surface area contributed by atoms with E-state index in [0.29, 0.717) is 38.7 Å². The van der Waals surface area contributed by atoms with Crippen LogP contribution in [0.1, 0.15) is 30.5 Å². The number of carbonyl (C=O) groups excluding carboxylic acids is 1. The number of amides is 1. The molecular weight excluding hydrogens is 448 g/mol. The van der Waals surface area contributed by atoms with E-state index >= 15 is 0 Å². The highest BCUT2D eigenvalue weighted by Gasteiger charge is 2.37. The molecule has 0 spiro atoms. The lowest BCUT2D eigenvalue weighted by atomic mass is 9.97. The Morgan fingerprint density at radius 2 is 1.76 bits per heavy atom. The van der Waals surface area contributed by atoms with E-state index in [-0.39, 0.29) is 18.0 Å². The van der Waals surface area contributed by atoms with Crippen molar-refractivity contribution in [1.29, 1.82) is 0 Å². The highest BCUT2D eigenvalue weighted by Crippen LogP contribution is 2.29. The van der Waals surface area contributed by atoms with Crippen molar-refractivity contribution in [1.82, 2.24) is 9.80 Å². The first-order valence-electron chi connectivity index (χ1n) is 12.1. The maximum atomic E-state index is 12.4. The Balaban J connectivity index is 1.61. The zero-order valence-electron chi connectivity index (χ0n) is 20.7. The van der Waals surface area contributed by atoms with Crippen molar-refractivity contribution in [3.8, 4) is 11.1 Å². The van der Waals surface area contributed by atoms with Crippen LogP contribution in [-0.4, -0.2) is 77.6 Å². The molecule has 2 aromatic carbocycles. The molecule has 0 aliphatic carbocycles. The SMILES string of the molecule is CC[S+]([O-])c1cc(C)cc(-c2ccc(C)c(CN3CCOCC3C3COCCN3C(C)=O)c2)c1. The molecule has 1 amide bonds. The van der Waals surface area contributed by atoms with Crippen LogP contribution in [0.5, 0.6) is 0 Å². The summed E-state index contributed by atoms with van der Waals surface area (Å²) in [6.45, 7) is 12.5. The molecular formula is C27H36N2O4S. The third-order valence-corrected chi connectivity index (χ3v) is 8.21. The molecule has 3 atom stereocenters. The van der Waals surface area contributed by atoms with Gasteiger partial charge in [0.05, 0.1) is 38.5 Å². The molecule has 3 unspecified atom stereocenters. The first-order valence-corrected chi connectivity index (χ1v) is 13.5. The first kappa shape index (κ1) is 25.2. The molecule has 2 heterocycles. The number of benzene rings is 2. The maximum Gasteiger partial charge on any atom is 0.219 e. The van der Waals surface area contributed by atoms with Crippen molar-refractivity contribution in [2.24, 2.45) is 0 Å². The van der Waals surface area contributed by atoms with E-state index in [1.54, 1.807) is 6.92 Å². The molecule has 184 valence electrons. The fourth-order valence-corrected chi connectivity index (χ4v) is 5.90. The Hall–Kier alpha value is -1.90. The predicted octanol–water partition coefficient (Wildman–Crippen LogP) is 3.55. The van der Waals surface area contributed by atoms with Crippen molar-refractivity contribution in [3.63, 3.8) is 0 Å². The van der Waals surface area contributed by atoms with Crippen molar-refractivity contribution < 1.29 is 18.8 Å². The summed E-state index contributed by atoms with van der Waals surface area (Å²) in [5, 5.41) is 0. The van der Waals surface area contributed by atoms with Crippen LogP contribution in [0.25, 0.3) is 11.1 Å². The molecule has 2 saturated heterocycles. The second-order valence-electron chi connectivity index (χ2n) is 9.28. The van der Waals surface area contributed by atoms with Gasteiger partial charge in [-0.05, 0) is 71.9 Å². The quantitative estimate of drug-likeness (QED) is 0.587. The molecule has 0 aromatic heterocycles. The van der Waals surface area contributed by atoms with Gasteiger partial charge in [0.2, 0.25) is 5.91 Å². The summed E-state index contributed by atoms with van der Waals surface area (Å²) in [7, 11) is 0. The van der Waals surface area contributed by atoms with Crippen molar-refractivity contribution >= 4 is 17.1 Å². The van der Waals surface area contributed by atoms with Crippen LogP contribution in [-0.2, 0) is 32.0 Å². The lowest BCUT2D eigenvalue weighted by molar-refractivity contribution is -0.145. The van der Waals surface area contributed by atoms with Gasteiger partial charge in [-0.15, -0.1) is 0 Å². The van der Waals surface area contributed by atoms with Gasteiger partial charge in [-0.3, -0.25) is 9.69 Å². The first-order chi connectivity index (χ1) is 16.4. The highest BCUT2D eigenvalue weighted by molar-refractivity contribution is 7.91. The lowest BCUT2D eigenvalue weighted by Gasteiger charge is -2.46. The molecule has 6 nitrogen and oxygen atoms in total. The van der Waals surface area contributed by atoms with Gasteiger partial charge < -0.3 is 18.9 Å². The zero-order chi connectivity index (χ0) is 24.2. The minimum atomic E-state index is -0.981. The number of hydrogen-bond acceptors (Lipinski definition) is 5. The lowest BCUT2D eigenvalue weighted by Crippen LogP contribution is -2.61. The smallest absolute Gasteiger partial charge is 0.219 e. The fourth-order valence-electron chi connectivity index (χ4n) is 4.99. The fraction of sp³-hybridized carbons (Fsp3) is 0.519. The molecule has 2 aliphatic heterocycles. The maximum absolute atomic E-state index is 12.4. The molecule has 2 fully saturated rings. The number of hydrogen-bond donors (Lipinski definition) is 0. The number of rotatable bonds is 6. The van der Waals surface area contributed by atoms with E-state index in [0.717, 1.165) is 34.7 Å². The van der Waals surface area contributed by atoms with Gasteiger partial charge in [-0.2, -0.15) is 0 Å². The normalized spacial score (nSPS) is 22.6. The summed E-state index contributed by atoms with van der Waals surface area (Å²) in [5.41, 5.74) is 5.85. The molecule has 0 radical (unpaired) electrons. The summed E-state index contributed by atoms with van der Waals surface area (Å²) in [6, 6.07) is 12.9. The third-order valence-electron chi connectivity index (χ3n) is 6.93. The monoisotopic (exact) mass is 484 g/mol. The molecule has 0 N–H and O–H groups in total. The molecule has 0 saturated carbocycles. The zero-order valence-corrected chi connectivity index (χ0v) is 21.5. The van der Waals surface area contributed by atoms with Crippen molar-refractivity contribution in [3.05, 3.63) is 53.1 Å². The second-order valence-corrected chi connectivity index (χ2v) is 11.0. The van der Waals surface area contributed by atoms with Crippen LogP contribution in [0.4, 0.5) is 0 Å². The Kier molecular flexibility index (Phi) is 8.32.